The van der Waals surface area contributed by atoms with E-state index in [0.717, 1.165) is 16.9 Å². The van der Waals surface area contributed by atoms with Crippen molar-refractivity contribution in [3.05, 3.63) is 29.3 Å². The Morgan fingerprint density at radius 2 is 2.12 bits per heavy atom. The van der Waals surface area contributed by atoms with Crippen LogP contribution < -0.4 is 10.1 Å². The van der Waals surface area contributed by atoms with Crippen LogP contribution in [0.3, 0.4) is 0 Å². The molecule has 0 bridgehead atoms. The average Bonchev–Trinajstić information content (AvgIpc) is 2.27. The third kappa shape index (κ3) is 2.30. The van der Waals surface area contributed by atoms with Crippen molar-refractivity contribution in [2.75, 3.05) is 7.11 Å². The summed E-state index contributed by atoms with van der Waals surface area (Å²) in [5.74, 6) is 0.504. The average molecular weight is 233 g/mol. The molecule has 1 N–H and O–H groups in total. The van der Waals surface area contributed by atoms with Crippen molar-refractivity contribution in [2.45, 2.75) is 25.8 Å². The molecule has 0 spiro atoms. The second-order valence-corrected chi connectivity index (χ2v) is 4.24. The molecule has 1 aliphatic heterocycles. The topological polar surface area (TPSA) is 55.4 Å². The first-order valence-corrected chi connectivity index (χ1v) is 5.56. The number of para-hydroxylation sites is 1. The molecule has 1 amide bonds. The van der Waals surface area contributed by atoms with E-state index in [0.29, 0.717) is 6.42 Å². The van der Waals surface area contributed by atoms with E-state index in [1.54, 1.807) is 7.11 Å². The van der Waals surface area contributed by atoms with Gasteiger partial charge in [0.2, 0.25) is 5.91 Å². The van der Waals surface area contributed by atoms with Gasteiger partial charge in [0.15, 0.2) is 0 Å². The summed E-state index contributed by atoms with van der Waals surface area (Å²) in [6, 6.07) is 5.46. The van der Waals surface area contributed by atoms with Gasteiger partial charge >= 0.3 is 0 Å². The van der Waals surface area contributed by atoms with Crippen molar-refractivity contribution in [3.8, 4) is 5.75 Å². The molecule has 1 aromatic carbocycles. The van der Waals surface area contributed by atoms with Crippen LogP contribution in [-0.2, 0) is 9.59 Å². The zero-order chi connectivity index (χ0) is 12.4. The highest BCUT2D eigenvalue weighted by Crippen LogP contribution is 2.32. The first-order valence-electron chi connectivity index (χ1n) is 5.56. The highest BCUT2D eigenvalue weighted by atomic mass is 16.5. The Hall–Kier alpha value is -1.84. The minimum absolute atomic E-state index is 0.00929. The maximum absolute atomic E-state index is 11.4. The fraction of sp³-hybridized carbons (Fsp3) is 0.385. The van der Waals surface area contributed by atoms with Gasteiger partial charge in [0, 0.05) is 12.0 Å². The molecular weight excluding hydrogens is 218 g/mol. The Labute approximate surface area is 100.0 Å². The number of ketones is 1. The van der Waals surface area contributed by atoms with Gasteiger partial charge in [-0.25, -0.2) is 0 Å². The normalized spacial score (nSPS) is 20.0. The van der Waals surface area contributed by atoms with Gasteiger partial charge in [0.25, 0.3) is 0 Å². The summed E-state index contributed by atoms with van der Waals surface area (Å²) in [6.07, 6.45) is 0.330. The number of carbonyl (C=O) groups excluding carboxylic acids is 2. The Morgan fingerprint density at radius 3 is 2.76 bits per heavy atom. The maximum atomic E-state index is 11.4. The zero-order valence-electron chi connectivity index (χ0n) is 9.95. The summed E-state index contributed by atoms with van der Waals surface area (Å²) in [5.41, 5.74) is 1.87. The smallest absolute Gasteiger partial charge is 0.227 e. The van der Waals surface area contributed by atoms with E-state index in [4.69, 9.17) is 4.74 Å². The summed E-state index contributed by atoms with van der Waals surface area (Å²) in [5, 5.41) is 2.83. The summed E-state index contributed by atoms with van der Waals surface area (Å²) >= 11 is 0. The number of amides is 1. The lowest BCUT2D eigenvalue weighted by atomic mass is 9.94. The highest BCUT2D eigenvalue weighted by Gasteiger charge is 2.27. The molecule has 0 aliphatic carbocycles. The molecule has 1 aliphatic rings. The van der Waals surface area contributed by atoms with Gasteiger partial charge in [-0.3, -0.25) is 9.59 Å². The van der Waals surface area contributed by atoms with Crippen molar-refractivity contribution >= 4 is 11.7 Å². The number of ether oxygens (including phenoxy) is 1. The van der Waals surface area contributed by atoms with Gasteiger partial charge in [-0.2, -0.15) is 0 Å². The SMILES string of the molecule is COc1c(C)cccc1C1CC(=O)CC(=O)N1. The largest absolute Gasteiger partial charge is 0.496 e. The van der Waals surface area contributed by atoms with E-state index < -0.39 is 0 Å². The molecule has 1 saturated heterocycles. The molecule has 4 heteroatoms. The van der Waals surface area contributed by atoms with E-state index in [1.807, 2.05) is 25.1 Å². The number of aryl methyl sites for hydroxylation is 1. The molecule has 4 nitrogen and oxygen atoms in total. The lowest BCUT2D eigenvalue weighted by molar-refractivity contribution is -0.132. The number of Topliss-reactive ketones (excluding diaryl/α,β-unsaturated/α-hetero) is 1. The Morgan fingerprint density at radius 1 is 1.35 bits per heavy atom. The second-order valence-electron chi connectivity index (χ2n) is 4.24. The van der Waals surface area contributed by atoms with Crippen molar-refractivity contribution in [2.24, 2.45) is 0 Å². The second kappa shape index (κ2) is 4.57. The molecule has 2 rings (SSSR count). The molecule has 1 aromatic rings. The van der Waals surface area contributed by atoms with Crippen molar-refractivity contribution in [3.63, 3.8) is 0 Å². The third-order valence-corrected chi connectivity index (χ3v) is 2.95. The standard InChI is InChI=1S/C13H15NO3/c1-8-4-3-5-10(13(8)17-2)11-6-9(15)7-12(16)14-11/h3-5,11H,6-7H2,1-2H3,(H,14,16). The predicted octanol–water partition coefficient (Wildman–Crippen LogP) is 1.52. The number of carbonyl (C=O) groups is 2. The number of nitrogens with one attached hydrogen (secondary N) is 1. The van der Waals surface area contributed by atoms with Gasteiger partial charge in [-0.1, -0.05) is 18.2 Å². The molecule has 0 aromatic heterocycles. The van der Waals surface area contributed by atoms with Gasteiger partial charge in [-0.05, 0) is 12.5 Å². The van der Waals surface area contributed by atoms with Crippen LogP contribution in [0.1, 0.15) is 30.0 Å². The van der Waals surface area contributed by atoms with Crippen LogP contribution in [0, 0.1) is 6.92 Å². The van der Waals surface area contributed by atoms with Crippen molar-refractivity contribution in [1.29, 1.82) is 0 Å². The van der Waals surface area contributed by atoms with Crippen LogP contribution in [0.5, 0.6) is 5.75 Å². The van der Waals surface area contributed by atoms with Crippen molar-refractivity contribution < 1.29 is 14.3 Å². The van der Waals surface area contributed by atoms with Crippen LogP contribution in [0.15, 0.2) is 18.2 Å². The van der Waals surface area contributed by atoms with Crippen LogP contribution >= 0.6 is 0 Å². The number of hydrogen-bond donors (Lipinski definition) is 1. The van der Waals surface area contributed by atoms with Gasteiger partial charge in [-0.15, -0.1) is 0 Å². The summed E-state index contributed by atoms with van der Waals surface area (Å²) in [6.45, 7) is 1.94. The Balaban J connectivity index is 2.36. The maximum Gasteiger partial charge on any atom is 0.227 e. The number of piperidine rings is 1. The summed E-state index contributed by atoms with van der Waals surface area (Å²) in [4.78, 5) is 22.8. The molecule has 1 fully saturated rings. The van der Waals surface area contributed by atoms with Crippen LogP contribution in [0.2, 0.25) is 0 Å². The lowest BCUT2D eigenvalue weighted by Gasteiger charge is -2.25. The third-order valence-electron chi connectivity index (χ3n) is 2.95. The van der Waals surface area contributed by atoms with E-state index in [9.17, 15) is 9.59 Å². The van der Waals surface area contributed by atoms with E-state index >= 15 is 0 Å². The minimum atomic E-state index is -0.265. The van der Waals surface area contributed by atoms with Crippen LogP contribution in [-0.4, -0.2) is 18.8 Å². The summed E-state index contributed by atoms with van der Waals surface area (Å²) < 4.78 is 5.34. The number of hydrogen-bond acceptors (Lipinski definition) is 3. The molecule has 17 heavy (non-hydrogen) atoms. The van der Waals surface area contributed by atoms with Crippen LogP contribution in [0.4, 0.5) is 0 Å². The van der Waals surface area contributed by atoms with Crippen molar-refractivity contribution in [1.82, 2.24) is 5.32 Å². The first kappa shape index (κ1) is 11.6. The molecule has 0 saturated carbocycles. The van der Waals surface area contributed by atoms with E-state index in [1.165, 1.54) is 0 Å². The zero-order valence-corrected chi connectivity index (χ0v) is 9.95. The van der Waals surface area contributed by atoms with E-state index in [-0.39, 0.29) is 24.2 Å². The molecule has 1 heterocycles. The van der Waals surface area contributed by atoms with Gasteiger partial charge in [0.1, 0.15) is 11.5 Å². The van der Waals surface area contributed by atoms with E-state index in [2.05, 4.69) is 5.32 Å². The number of benzene rings is 1. The lowest BCUT2D eigenvalue weighted by Crippen LogP contribution is -2.37. The van der Waals surface area contributed by atoms with Crippen LogP contribution in [0.25, 0.3) is 0 Å². The Bertz CT molecular complexity index is 452. The first-order chi connectivity index (χ1) is 8.11. The summed E-state index contributed by atoms with van der Waals surface area (Å²) in [7, 11) is 1.60. The monoisotopic (exact) mass is 233 g/mol. The fourth-order valence-corrected chi connectivity index (χ4v) is 2.19. The Kier molecular flexibility index (Phi) is 3.13. The van der Waals surface area contributed by atoms with Gasteiger partial charge < -0.3 is 10.1 Å². The van der Waals surface area contributed by atoms with Gasteiger partial charge in [0.05, 0.1) is 19.6 Å². The molecule has 1 atom stereocenters. The fourth-order valence-electron chi connectivity index (χ4n) is 2.19. The molecule has 1 unspecified atom stereocenters. The quantitative estimate of drug-likeness (QED) is 0.788. The highest BCUT2D eigenvalue weighted by molar-refractivity contribution is 6.00. The number of rotatable bonds is 2. The molecule has 90 valence electrons. The molecular formula is C13H15NO3. The predicted molar refractivity (Wildman–Crippen MR) is 62.9 cm³/mol. The minimum Gasteiger partial charge on any atom is -0.496 e. The number of methoxy groups -OCH3 is 1. The molecule has 0 radical (unpaired) electrons.